The van der Waals surface area contributed by atoms with Crippen molar-refractivity contribution in [2.24, 2.45) is 11.1 Å². The number of rotatable bonds is 7. The van der Waals surface area contributed by atoms with Gasteiger partial charge in [-0.3, -0.25) is 4.79 Å². The molecule has 0 aliphatic carbocycles. The molecule has 0 saturated heterocycles. The molecule has 0 bridgehead atoms. The molecule has 2 aromatic carbocycles. The van der Waals surface area contributed by atoms with Crippen LogP contribution in [0.5, 0.6) is 0 Å². The van der Waals surface area contributed by atoms with Crippen LogP contribution in [0.3, 0.4) is 0 Å². The van der Waals surface area contributed by atoms with Gasteiger partial charge in [0.25, 0.3) is 0 Å². The van der Waals surface area contributed by atoms with Crippen molar-refractivity contribution in [2.75, 3.05) is 5.32 Å². The summed E-state index contributed by atoms with van der Waals surface area (Å²) in [6.07, 6.45) is 1.32. The fourth-order valence-corrected chi connectivity index (χ4v) is 2.90. The predicted molar refractivity (Wildman–Crippen MR) is 110 cm³/mol. The maximum Gasteiger partial charge on any atom is 0.319 e. The molecule has 2 aromatic rings. The molecule has 144 valence electrons. The van der Waals surface area contributed by atoms with Gasteiger partial charge in [-0.1, -0.05) is 48.9 Å². The van der Waals surface area contributed by atoms with E-state index in [1.165, 1.54) is 5.56 Å². The number of benzene rings is 2. The minimum Gasteiger partial charge on any atom is -0.369 e. The molecule has 0 aromatic heterocycles. The zero-order chi connectivity index (χ0) is 20.0. The van der Waals surface area contributed by atoms with Crippen LogP contribution >= 0.6 is 11.6 Å². The van der Waals surface area contributed by atoms with Gasteiger partial charge in [0.05, 0.1) is 5.41 Å². The van der Waals surface area contributed by atoms with Crippen molar-refractivity contribution >= 4 is 29.2 Å². The number of aryl methyl sites for hydroxylation is 1. The number of hydrogen-bond donors (Lipinski definition) is 3. The minimum absolute atomic E-state index is 0.387. The summed E-state index contributed by atoms with van der Waals surface area (Å²) < 4.78 is 0. The van der Waals surface area contributed by atoms with Crippen LogP contribution in [0.1, 0.15) is 31.9 Å². The van der Waals surface area contributed by atoms with E-state index in [1.807, 2.05) is 42.5 Å². The summed E-state index contributed by atoms with van der Waals surface area (Å²) in [6, 6.07) is 14.0. The van der Waals surface area contributed by atoms with Crippen molar-refractivity contribution in [2.45, 2.75) is 39.7 Å². The third kappa shape index (κ3) is 5.47. The van der Waals surface area contributed by atoms with Crippen molar-refractivity contribution in [3.8, 4) is 0 Å². The summed E-state index contributed by atoms with van der Waals surface area (Å²) in [5, 5.41) is 6.27. The Bertz CT molecular complexity index is 803. The number of anilines is 1. The Kier molecular flexibility index (Phi) is 6.86. The average Bonchev–Trinajstić information content (AvgIpc) is 2.63. The molecule has 0 fully saturated rings. The number of amides is 3. The van der Waals surface area contributed by atoms with Gasteiger partial charge >= 0.3 is 6.03 Å². The van der Waals surface area contributed by atoms with Crippen molar-refractivity contribution in [1.82, 2.24) is 5.32 Å². The Morgan fingerprint density at radius 1 is 1.11 bits per heavy atom. The zero-order valence-electron chi connectivity index (χ0n) is 15.9. The van der Waals surface area contributed by atoms with Crippen LogP contribution in [0.25, 0.3) is 0 Å². The van der Waals surface area contributed by atoms with Gasteiger partial charge in [-0.05, 0) is 56.0 Å². The quantitative estimate of drug-likeness (QED) is 0.666. The van der Waals surface area contributed by atoms with Crippen molar-refractivity contribution in [3.63, 3.8) is 0 Å². The SMILES string of the molecule is CCc1ccc(NC(=O)NC(Cc2ccccc2Cl)C(C)(C)C(N)=O)cc1. The molecular weight excluding hydrogens is 362 g/mol. The number of nitrogens with two attached hydrogens (primary N) is 1. The lowest BCUT2D eigenvalue weighted by atomic mass is 9.80. The van der Waals surface area contributed by atoms with Gasteiger partial charge in [-0.2, -0.15) is 0 Å². The topological polar surface area (TPSA) is 84.2 Å². The van der Waals surface area contributed by atoms with Gasteiger partial charge in [0.15, 0.2) is 0 Å². The molecule has 0 radical (unpaired) electrons. The van der Waals surface area contributed by atoms with Crippen LogP contribution in [-0.4, -0.2) is 18.0 Å². The van der Waals surface area contributed by atoms with E-state index in [0.29, 0.717) is 17.1 Å². The molecule has 6 heteroatoms. The van der Waals surface area contributed by atoms with E-state index in [9.17, 15) is 9.59 Å². The summed E-state index contributed by atoms with van der Waals surface area (Å²) in [5.74, 6) is -0.493. The fraction of sp³-hybridized carbons (Fsp3) is 0.333. The van der Waals surface area contributed by atoms with E-state index in [0.717, 1.165) is 12.0 Å². The molecule has 0 saturated carbocycles. The second-order valence-electron chi connectivity index (χ2n) is 7.08. The highest BCUT2D eigenvalue weighted by Crippen LogP contribution is 2.26. The third-order valence-corrected chi connectivity index (χ3v) is 5.18. The standard InChI is InChI=1S/C21H26ClN3O2/c1-4-14-9-11-16(12-10-14)24-20(27)25-18(21(2,3)19(23)26)13-15-7-5-6-8-17(15)22/h5-12,18H,4,13H2,1-3H3,(H2,23,26)(H2,24,25,27). The van der Waals surface area contributed by atoms with Crippen molar-refractivity contribution in [3.05, 3.63) is 64.7 Å². The average molecular weight is 388 g/mol. The van der Waals surface area contributed by atoms with Gasteiger partial charge in [0, 0.05) is 16.8 Å². The fourth-order valence-electron chi connectivity index (χ4n) is 2.69. The van der Waals surface area contributed by atoms with Crippen molar-refractivity contribution < 1.29 is 9.59 Å². The largest absolute Gasteiger partial charge is 0.369 e. The Balaban J connectivity index is 2.16. The Morgan fingerprint density at radius 2 is 1.74 bits per heavy atom. The summed E-state index contributed by atoms with van der Waals surface area (Å²) in [6.45, 7) is 5.50. The first-order valence-corrected chi connectivity index (χ1v) is 9.31. The molecule has 0 heterocycles. The Hall–Kier alpha value is -2.53. The number of nitrogens with one attached hydrogen (secondary N) is 2. The van der Waals surface area contributed by atoms with Crippen LogP contribution < -0.4 is 16.4 Å². The molecule has 27 heavy (non-hydrogen) atoms. The highest BCUT2D eigenvalue weighted by Gasteiger charge is 2.36. The number of hydrogen-bond acceptors (Lipinski definition) is 2. The first-order valence-electron chi connectivity index (χ1n) is 8.93. The molecular formula is C21H26ClN3O2. The summed E-state index contributed by atoms with van der Waals surface area (Å²) >= 11 is 6.25. The first kappa shape index (κ1) is 20.8. The van der Waals surface area contributed by atoms with E-state index in [4.69, 9.17) is 17.3 Å². The van der Waals surface area contributed by atoms with Crippen LogP contribution in [-0.2, 0) is 17.6 Å². The van der Waals surface area contributed by atoms with Gasteiger partial charge < -0.3 is 16.4 Å². The number of urea groups is 1. The summed E-state index contributed by atoms with van der Waals surface area (Å²) in [7, 11) is 0. The van der Waals surface area contributed by atoms with Crippen LogP contribution in [0.2, 0.25) is 5.02 Å². The molecule has 1 unspecified atom stereocenters. The Labute approximate surface area is 165 Å². The highest BCUT2D eigenvalue weighted by atomic mass is 35.5. The summed E-state index contributed by atoms with van der Waals surface area (Å²) in [4.78, 5) is 24.5. The van der Waals surface area contributed by atoms with Crippen molar-refractivity contribution in [1.29, 1.82) is 0 Å². The molecule has 5 nitrogen and oxygen atoms in total. The number of carbonyl (C=O) groups excluding carboxylic acids is 2. The van der Waals surface area contributed by atoms with Crippen LogP contribution in [0, 0.1) is 5.41 Å². The predicted octanol–water partition coefficient (Wildman–Crippen LogP) is 4.15. The van der Waals surface area contributed by atoms with Crippen LogP contribution in [0.4, 0.5) is 10.5 Å². The maximum absolute atomic E-state index is 12.5. The molecule has 2 rings (SSSR count). The molecule has 3 amide bonds. The molecule has 4 N–H and O–H groups in total. The second-order valence-corrected chi connectivity index (χ2v) is 7.49. The summed E-state index contributed by atoms with van der Waals surface area (Å²) in [5.41, 5.74) is 7.33. The monoisotopic (exact) mass is 387 g/mol. The lowest BCUT2D eigenvalue weighted by molar-refractivity contribution is -0.127. The lowest BCUT2D eigenvalue weighted by Gasteiger charge is -2.32. The van der Waals surface area contributed by atoms with Gasteiger partial charge in [-0.15, -0.1) is 0 Å². The number of carbonyl (C=O) groups is 2. The van der Waals surface area contributed by atoms with Gasteiger partial charge in [0.1, 0.15) is 0 Å². The lowest BCUT2D eigenvalue weighted by Crippen LogP contribution is -2.53. The molecule has 0 aliphatic rings. The van der Waals surface area contributed by atoms with Gasteiger partial charge in [-0.25, -0.2) is 4.79 Å². The van der Waals surface area contributed by atoms with E-state index in [1.54, 1.807) is 19.9 Å². The normalized spacial score (nSPS) is 12.3. The molecule has 0 aliphatic heterocycles. The Morgan fingerprint density at radius 3 is 2.30 bits per heavy atom. The zero-order valence-corrected chi connectivity index (χ0v) is 16.6. The van der Waals surface area contributed by atoms with Crippen LogP contribution in [0.15, 0.2) is 48.5 Å². The number of halogens is 1. The van der Waals surface area contributed by atoms with E-state index in [2.05, 4.69) is 17.6 Å². The highest BCUT2D eigenvalue weighted by molar-refractivity contribution is 6.31. The first-order chi connectivity index (χ1) is 12.7. The van der Waals surface area contributed by atoms with E-state index in [-0.39, 0.29) is 0 Å². The number of primary amides is 1. The minimum atomic E-state index is -0.956. The second kappa shape index (κ2) is 8.91. The van der Waals surface area contributed by atoms with E-state index < -0.39 is 23.4 Å². The third-order valence-electron chi connectivity index (χ3n) is 4.81. The maximum atomic E-state index is 12.5. The van der Waals surface area contributed by atoms with Gasteiger partial charge in [0.2, 0.25) is 5.91 Å². The molecule has 0 spiro atoms. The van der Waals surface area contributed by atoms with E-state index >= 15 is 0 Å². The molecule has 1 atom stereocenters. The smallest absolute Gasteiger partial charge is 0.319 e.